The average molecular weight is 286 g/mol. The first-order valence-corrected chi connectivity index (χ1v) is 8.04. The minimum Gasteiger partial charge on any atom is -0.481 e. The average Bonchev–Trinajstić information content (AvgIpc) is 2.39. The molecule has 0 fully saturated rings. The first kappa shape index (κ1) is 18.9. The molecular weight excluding hydrogens is 256 g/mol. The number of unbranched alkanes of at least 4 members (excludes halogenated alkanes) is 10. The maximum absolute atomic E-state index is 10.9. The zero-order valence-electron chi connectivity index (χ0n) is 12.9. The first-order valence-electron chi connectivity index (χ1n) is 8.04. The zero-order chi connectivity index (χ0) is 15.1. The second kappa shape index (κ2) is 14.4. The lowest BCUT2D eigenvalue weighted by atomic mass is 10.1. The molecule has 0 saturated heterocycles. The molecule has 0 unspecified atom stereocenters. The smallest absolute Gasteiger partial charge is 0.317 e. The molecule has 0 atom stereocenters. The predicted octanol–water partition coefficient (Wildman–Crippen LogP) is 4.32. The fraction of sp³-hybridized carbons (Fsp3) is 0.875. The van der Waals surface area contributed by atoms with Crippen LogP contribution in [0, 0.1) is 0 Å². The van der Waals surface area contributed by atoms with Crippen LogP contribution in [0.15, 0.2) is 0 Å². The van der Waals surface area contributed by atoms with Crippen LogP contribution in [-0.4, -0.2) is 23.7 Å². The van der Waals surface area contributed by atoms with Gasteiger partial charge in [0.25, 0.3) is 0 Å². The second-order valence-corrected chi connectivity index (χ2v) is 5.33. The van der Waals surface area contributed by atoms with Crippen molar-refractivity contribution in [3.05, 3.63) is 0 Å². The van der Waals surface area contributed by atoms with E-state index < -0.39 is 18.4 Å². The molecule has 1 N–H and O–H groups in total. The summed E-state index contributed by atoms with van der Waals surface area (Å²) in [5, 5.41) is 8.37. The highest BCUT2D eigenvalue weighted by atomic mass is 16.5. The lowest BCUT2D eigenvalue weighted by Crippen LogP contribution is -2.11. The Balaban J connectivity index is 3.09. The molecule has 0 radical (unpaired) electrons. The number of carboxylic acids is 1. The van der Waals surface area contributed by atoms with Gasteiger partial charge in [-0.25, -0.2) is 0 Å². The topological polar surface area (TPSA) is 63.6 Å². The van der Waals surface area contributed by atoms with Crippen molar-refractivity contribution >= 4 is 11.9 Å². The molecule has 0 aliphatic carbocycles. The molecule has 0 aliphatic rings. The number of rotatable bonds is 14. The summed E-state index contributed by atoms with van der Waals surface area (Å²) in [6.45, 7) is 2.59. The Morgan fingerprint density at radius 2 is 1.25 bits per heavy atom. The van der Waals surface area contributed by atoms with Crippen LogP contribution in [-0.2, 0) is 14.3 Å². The van der Waals surface area contributed by atoms with E-state index in [-0.39, 0.29) is 0 Å². The van der Waals surface area contributed by atoms with Crippen LogP contribution in [0.25, 0.3) is 0 Å². The van der Waals surface area contributed by atoms with Gasteiger partial charge in [-0.3, -0.25) is 9.59 Å². The van der Waals surface area contributed by atoms with E-state index in [1.165, 1.54) is 57.8 Å². The van der Waals surface area contributed by atoms with E-state index in [4.69, 9.17) is 9.84 Å². The highest BCUT2D eigenvalue weighted by molar-refractivity contribution is 5.90. The maximum atomic E-state index is 10.9. The maximum Gasteiger partial charge on any atom is 0.317 e. The van der Waals surface area contributed by atoms with Gasteiger partial charge in [-0.05, 0) is 6.42 Å². The number of hydrogen-bond acceptors (Lipinski definition) is 3. The van der Waals surface area contributed by atoms with Gasteiger partial charge in [-0.2, -0.15) is 0 Å². The van der Waals surface area contributed by atoms with Crippen molar-refractivity contribution in [1.82, 2.24) is 0 Å². The molecule has 0 aromatic heterocycles. The third kappa shape index (κ3) is 15.0. The van der Waals surface area contributed by atoms with Crippen LogP contribution < -0.4 is 0 Å². The van der Waals surface area contributed by atoms with Crippen molar-refractivity contribution in [3.63, 3.8) is 0 Å². The van der Waals surface area contributed by atoms with E-state index in [2.05, 4.69) is 6.92 Å². The quantitative estimate of drug-likeness (QED) is 0.293. The van der Waals surface area contributed by atoms with E-state index >= 15 is 0 Å². The summed E-state index contributed by atoms with van der Waals surface area (Å²) in [6.07, 6.45) is 13.2. The minimum absolute atomic E-state index is 0.350. The van der Waals surface area contributed by atoms with Crippen LogP contribution in [0.5, 0.6) is 0 Å². The second-order valence-electron chi connectivity index (χ2n) is 5.33. The Labute approximate surface area is 122 Å². The first-order chi connectivity index (χ1) is 9.66. The highest BCUT2D eigenvalue weighted by Gasteiger charge is 2.07. The number of esters is 1. The SMILES string of the molecule is CCCCCCCCCCCCCOC(=O)CC(=O)O. The van der Waals surface area contributed by atoms with Gasteiger partial charge in [0.1, 0.15) is 6.42 Å². The van der Waals surface area contributed by atoms with Gasteiger partial charge in [0, 0.05) is 0 Å². The normalized spacial score (nSPS) is 10.4. The predicted molar refractivity (Wildman–Crippen MR) is 79.7 cm³/mol. The van der Waals surface area contributed by atoms with Gasteiger partial charge in [-0.15, -0.1) is 0 Å². The minimum atomic E-state index is -1.13. The Bertz CT molecular complexity index is 251. The zero-order valence-corrected chi connectivity index (χ0v) is 12.9. The van der Waals surface area contributed by atoms with E-state index in [0.717, 1.165) is 12.8 Å². The molecule has 0 amide bonds. The molecule has 0 saturated carbocycles. The number of aliphatic carboxylic acids is 1. The molecule has 20 heavy (non-hydrogen) atoms. The van der Waals surface area contributed by atoms with E-state index in [0.29, 0.717) is 6.61 Å². The van der Waals surface area contributed by atoms with Crippen molar-refractivity contribution < 1.29 is 19.4 Å². The van der Waals surface area contributed by atoms with E-state index in [1.807, 2.05) is 0 Å². The van der Waals surface area contributed by atoms with Crippen molar-refractivity contribution in [1.29, 1.82) is 0 Å². The molecule has 0 aromatic rings. The van der Waals surface area contributed by atoms with Crippen LogP contribution in [0.3, 0.4) is 0 Å². The molecule has 0 spiro atoms. The van der Waals surface area contributed by atoms with E-state index in [9.17, 15) is 9.59 Å². The fourth-order valence-corrected chi connectivity index (χ4v) is 2.13. The number of carboxylic acid groups (broad SMARTS) is 1. The fourth-order valence-electron chi connectivity index (χ4n) is 2.13. The summed E-state index contributed by atoms with van der Waals surface area (Å²) < 4.78 is 4.82. The number of hydrogen-bond donors (Lipinski definition) is 1. The summed E-state index contributed by atoms with van der Waals surface area (Å²) >= 11 is 0. The van der Waals surface area contributed by atoms with Crippen molar-refractivity contribution in [2.75, 3.05) is 6.61 Å². The van der Waals surface area contributed by atoms with Crippen LogP contribution in [0.1, 0.15) is 84.0 Å². The molecule has 4 nitrogen and oxygen atoms in total. The molecule has 0 aromatic carbocycles. The Hall–Kier alpha value is -1.06. The lowest BCUT2D eigenvalue weighted by Gasteiger charge is -2.04. The van der Waals surface area contributed by atoms with Crippen LogP contribution in [0.2, 0.25) is 0 Å². The Morgan fingerprint density at radius 3 is 1.70 bits per heavy atom. The monoisotopic (exact) mass is 286 g/mol. The van der Waals surface area contributed by atoms with Gasteiger partial charge in [-0.1, -0.05) is 71.1 Å². The van der Waals surface area contributed by atoms with Gasteiger partial charge < -0.3 is 9.84 Å². The van der Waals surface area contributed by atoms with Gasteiger partial charge in [0.05, 0.1) is 6.61 Å². The molecule has 0 bridgehead atoms. The lowest BCUT2D eigenvalue weighted by molar-refractivity contribution is -0.151. The molecule has 0 aliphatic heterocycles. The molecule has 0 heterocycles. The van der Waals surface area contributed by atoms with Gasteiger partial charge in [0.2, 0.25) is 0 Å². The van der Waals surface area contributed by atoms with Gasteiger partial charge >= 0.3 is 11.9 Å². The third-order valence-electron chi connectivity index (χ3n) is 3.31. The summed E-state index contributed by atoms with van der Waals surface area (Å²) in [5.74, 6) is -1.77. The van der Waals surface area contributed by atoms with Crippen LogP contribution in [0.4, 0.5) is 0 Å². The Morgan fingerprint density at radius 1 is 0.800 bits per heavy atom. The van der Waals surface area contributed by atoms with Crippen molar-refractivity contribution in [2.24, 2.45) is 0 Å². The summed E-state index contributed by atoms with van der Waals surface area (Å²) in [6, 6.07) is 0. The third-order valence-corrected chi connectivity index (χ3v) is 3.31. The largest absolute Gasteiger partial charge is 0.481 e. The van der Waals surface area contributed by atoms with E-state index in [1.54, 1.807) is 0 Å². The summed E-state index contributed by atoms with van der Waals surface area (Å²) in [5.41, 5.74) is 0. The highest BCUT2D eigenvalue weighted by Crippen LogP contribution is 2.11. The van der Waals surface area contributed by atoms with Crippen molar-refractivity contribution in [3.8, 4) is 0 Å². The molecule has 4 heteroatoms. The standard InChI is InChI=1S/C16H30O4/c1-2-3-4-5-6-7-8-9-10-11-12-13-20-16(19)14-15(17)18/h2-14H2,1H3,(H,17,18). The molecule has 118 valence electrons. The number of carbonyl (C=O) groups is 2. The molecule has 0 rings (SSSR count). The number of ether oxygens (including phenoxy) is 1. The van der Waals surface area contributed by atoms with Gasteiger partial charge in [0.15, 0.2) is 0 Å². The van der Waals surface area contributed by atoms with Crippen molar-refractivity contribution in [2.45, 2.75) is 84.0 Å². The van der Waals surface area contributed by atoms with Crippen LogP contribution >= 0.6 is 0 Å². The Kier molecular flexibility index (Phi) is 13.6. The summed E-state index contributed by atoms with van der Waals surface area (Å²) in [4.78, 5) is 21.2. The number of carbonyl (C=O) groups excluding carboxylic acids is 1. The summed E-state index contributed by atoms with van der Waals surface area (Å²) in [7, 11) is 0. The molecular formula is C16H30O4.